The second-order valence-corrected chi connectivity index (χ2v) is 6.41. The van der Waals surface area contributed by atoms with E-state index in [1.807, 2.05) is 12.1 Å². The largest absolute Gasteiger partial charge is 0.508 e. The Kier molecular flexibility index (Phi) is 2.34. The Balaban J connectivity index is 2.73. The third kappa shape index (κ3) is 1.45. The minimum absolute atomic E-state index is 0.0657. The number of hydrogen-bond acceptors (Lipinski definition) is 1. The first-order valence-electron chi connectivity index (χ1n) is 6.10. The van der Waals surface area contributed by atoms with Crippen LogP contribution in [0, 0.1) is 5.92 Å². The minimum atomic E-state index is 0.0657. The fraction of sp³-hybridized carbons (Fsp3) is 0.600. The van der Waals surface area contributed by atoms with Gasteiger partial charge in [0.15, 0.2) is 0 Å². The summed E-state index contributed by atoms with van der Waals surface area (Å²) in [5, 5.41) is 10.1. The summed E-state index contributed by atoms with van der Waals surface area (Å²) in [5.41, 5.74) is 2.70. The molecule has 1 unspecified atom stereocenters. The fourth-order valence-electron chi connectivity index (χ4n) is 3.16. The molecular formula is C15H22O. The smallest absolute Gasteiger partial charge is 0.119 e. The molecule has 0 heterocycles. The second kappa shape index (κ2) is 3.26. The Morgan fingerprint density at radius 3 is 2.44 bits per heavy atom. The molecule has 1 N–H and O–H groups in total. The molecule has 2 rings (SSSR count). The van der Waals surface area contributed by atoms with Gasteiger partial charge in [0.1, 0.15) is 5.75 Å². The van der Waals surface area contributed by atoms with Crippen LogP contribution in [0.15, 0.2) is 18.2 Å². The first-order valence-corrected chi connectivity index (χ1v) is 6.10. The quantitative estimate of drug-likeness (QED) is 0.698. The van der Waals surface area contributed by atoms with E-state index >= 15 is 0 Å². The molecule has 88 valence electrons. The Morgan fingerprint density at radius 1 is 1.19 bits per heavy atom. The van der Waals surface area contributed by atoms with E-state index < -0.39 is 0 Å². The van der Waals surface area contributed by atoms with Gasteiger partial charge < -0.3 is 5.11 Å². The predicted octanol–water partition coefficient (Wildman–Crippen LogP) is 3.99. The Hall–Kier alpha value is -0.980. The van der Waals surface area contributed by atoms with Crippen LogP contribution in [-0.2, 0) is 10.8 Å². The molecule has 0 aromatic heterocycles. The molecule has 0 aliphatic heterocycles. The summed E-state index contributed by atoms with van der Waals surface area (Å²) >= 11 is 0. The molecule has 1 aliphatic carbocycles. The van der Waals surface area contributed by atoms with Crippen LogP contribution in [-0.4, -0.2) is 5.11 Å². The van der Waals surface area contributed by atoms with E-state index in [9.17, 15) is 5.11 Å². The average Bonchev–Trinajstić information content (AvgIpc) is 2.14. The van der Waals surface area contributed by atoms with Crippen LogP contribution in [0.3, 0.4) is 0 Å². The highest BCUT2D eigenvalue weighted by molar-refractivity contribution is 5.49. The van der Waals surface area contributed by atoms with Crippen LogP contribution >= 0.6 is 0 Å². The summed E-state index contributed by atoms with van der Waals surface area (Å²) in [6.45, 7) is 11.3. The zero-order chi connectivity index (χ0) is 12.1. The van der Waals surface area contributed by atoms with Crippen LogP contribution < -0.4 is 0 Å². The van der Waals surface area contributed by atoms with Gasteiger partial charge in [-0.3, -0.25) is 0 Å². The molecule has 16 heavy (non-hydrogen) atoms. The molecule has 0 radical (unpaired) electrons. The highest BCUT2D eigenvalue weighted by Gasteiger charge is 2.43. The number of aromatic hydroxyl groups is 1. The molecule has 1 heteroatoms. The maximum atomic E-state index is 10.1. The van der Waals surface area contributed by atoms with Crippen molar-refractivity contribution in [3.8, 4) is 5.75 Å². The topological polar surface area (TPSA) is 20.2 Å². The van der Waals surface area contributed by atoms with E-state index in [2.05, 4.69) is 40.7 Å². The Morgan fingerprint density at radius 2 is 1.81 bits per heavy atom. The highest BCUT2D eigenvalue weighted by Crippen LogP contribution is 2.51. The lowest BCUT2D eigenvalue weighted by molar-refractivity contribution is 0.226. The van der Waals surface area contributed by atoms with Crippen molar-refractivity contribution in [3.63, 3.8) is 0 Å². The lowest BCUT2D eigenvalue weighted by atomic mass is 9.58. The zero-order valence-electron chi connectivity index (χ0n) is 11.0. The van der Waals surface area contributed by atoms with Crippen molar-refractivity contribution in [2.45, 2.75) is 51.9 Å². The van der Waals surface area contributed by atoms with Crippen LogP contribution in [0.2, 0.25) is 0 Å². The molecule has 1 aromatic carbocycles. The highest BCUT2D eigenvalue weighted by atomic mass is 16.3. The van der Waals surface area contributed by atoms with Gasteiger partial charge in [0.2, 0.25) is 0 Å². The van der Waals surface area contributed by atoms with Gasteiger partial charge in [-0.2, -0.15) is 0 Å². The summed E-state index contributed by atoms with van der Waals surface area (Å²) in [7, 11) is 0. The number of benzene rings is 1. The standard InChI is InChI=1S/C15H22O/c1-10-9-14(2,3)11-7-6-8-12(16)13(11)15(10,4)5/h6-8,10,16H,9H2,1-5H3. The summed E-state index contributed by atoms with van der Waals surface area (Å²) in [4.78, 5) is 0. The summed E-state index contributed by atoms with van der Waals surface area (Å²) in [6.07, 6.45) is 1.18. The van der Waals surface area contributed by atoms with Gasteiger partial charge in [0.25, 0.3) is 0 Å². The van der Waals surface area contributed by atoms with Crippen molar-refractivity contribution < 1.29 is 5.11 Å². The molecular weight excluding hydrogens is 196 g/mol. The molecule has 0 saturated heterocycles. The Labute approximate surface area is 98.5 Å². The molecule has 0 saturated carbocycles. The van der Waals surface area contributed by atoms with Crippen molar-refractivity contribution in [2.75, 3.05) is 0 Å². The van der Waals surface area contributed by atoms with Crippen molar-refractivity contribution in [2.24, 2.45) is 5.92 Å². The lowest BCUT2D eigenvalue weighted by Crippen LogP contribution is -2.40. The van der Waals surface area contributed by atoms with Crippen molar-refractivity contribution >= 4 is 0 Å². The minimum Gasteiger partial charge on any atom is -0.508 e. The fourth-order valence-corrected chi connectivity index (χ4v) is 3.16. The summed E-state index contributed by atoms with van der Waals surface area (Å²) < 4.78 is 0. The normalized spacial score (nSPS) is 26.2. The van der Waals surface area contributed by atoms with Crippen LogP contribution in [0.5, 0.6) is 5.75 Å². The molecule has 0 bridgehead atoms. The van der Waals surface area contributed by atoms with E-state index in [-0.39, 0.29) is 10.8 Å². The number of phenolic OH excluding ortho intramolecular Hbond substituents is 1. The molecule has 0 spiro atoms. The third-order valence-electron chi connectivity index (χ3n) is 4.46. The van der Waals surface area contributed by atoms with E-state index in [1.54, 1.807) is 0 Å². The van der Waals surface area contributed by atoms with Crippen LogP contribution in [0.1, 0.15) is 52.2 Å². The first-order chi connectivity index (χ1) is 7.27. The van der Waals surface area contributed by atoms with Crippen molar-refractivity contribution in [1.82, 2.24) is 0 Å². The number of fused-ring (bicyclic) bond motifs is 1. The second-order valence-electron chi connectivity index (χ2n) is 6.41. The average molecular weight is 218 g/mol. The maximum absolute atomic E-state index is 10.1. The number of hydrogen-bond donors (Lipinski definition) is 1. The van der Waals surface area contributed by atoms with E-state index in [4.69, 9.17) is 0 Å². The van der Waals surface area contributed by atoms with Gasteiger partial charge >= 0.3 is 0 Å². The van der Waals surface area contributed by atoms with E-state index in [0.717, 1.165) is 5.56 Å². The molecule has 0 fully saturated rings. The van der Waals surface area contributed by atoms with Crippen LogP contribution in [0.4, 0.5) is 0 Å². The molecule has 1 atom stereocenters. The van der Waals surface area contributed by atoms with E-state index in [0.29, 0.717) is 11.7 Å². The summed E-state index contributed by atoms with van der Waals surface area (Å²) in [6, 6.07) is 5.94. The third-order valence-corrected chi connectivity index (χ3v) is 4.46. The van der Waals surface area contributed by atoms with Gasteiger partial charge in [0, 0.05) is 5.56 Å². The van der Waals surface area contributed by atoms with Gasteiger partial charge in [-0.25, -0.2) is 0 Å². The number of rotatable bonds is 0. The van der Waals surface area contributed by atoms with Gasteiger partial charge in [-0.15, -0.1) is 0 Å². The molecule has 1 nitrogen and oxygen atoms in total. The van der Waals surface area contributed by atoms with E-state index in [1.165, 1.54) is 12.0 Å². The lowest BCUT2D eigenvalue weighted by Gasteiger charge is -2.46. The predicted molar refractivity (Wildman–Crippen MR) is 67.9 cm³/mol. The SMILES string of the molecule is CC1CC(C)(C)c2cccc(O)c2C1(C)C. The number of phenols is 1. The molecule has 1 aromatic rings. The first kappa shape index (κ1) is 11.5. The molecule has 0 amide bonds. The van der Waals surface area contributed by atoms with Crippen LogP contribution in [0.25, 0.3) is 0 Å². The zero-order valence-corrected chi connectivity index (χ0v) is 11.0. The maximum Gasteiger partial charge on any atom is 0.119 e. The van der Waals surface area contributed by atoms with Crippen molar-refractivity contribution in [3.05, 3.63) is 29.3 Å². The van der Waals surface area contributed by atoms with Gasteiger partial charge in [-0.05, 0) is 34.8 Å². The van der Waals surface area contributed by atoms with Crippen molar-refractivity contribution in [1.29, 1.82) is 0 Å². The van der Waals surface area contributed by atoms with Gasteiger partial charge in [0.05, 0.1) is 0 Å². The summed E-state index contributed by atoms with van der Waals surface area (Å²) in [5.74, 6) is 1.05. The molecule has 1 aliphatic rings. The van der Waals surface area contributed by atoms with Gasteiger partial charge in [-0.1, -0.05) is 46.8 Å². The Bertz CT molecular complexity index is 415. The monoisotopic (exact) mass is 218 g/mol.